The molecule has 0 atom stereocenters. The van der Waals surface area contributed by atoms with Gasteiger partial charge < -0.3 is 14.4 Å². The quantitative estimate of drug-likeness (QED) is 0.510. The fraction of sp³-hybridized carbons (Fsp3) is 0.333. The number of hydrogen-bond donors (Lipinski definition) is 0. The first-order valence-electron chi connectivity index (χ1n) is 11.2. The van der Waals surface area contributed by atoms with Crippen LogP contribution in [-0.2, 0) is 6.42 Å². The second kappa shape index (κ2) is 9.43. The molecule has 0 radical (unpaired) electrons. The molecule has 5 nitrogen and oxygen atoms in total. The van der Waals surface area contributed by atoms with E-state index in [1.165, 1.54) is 0 Å². The highest BCUT2D eigenvalue weighted by atomic mass is 16.5. The van der Waals surface area contributed by atoms with Gasteiger partial charge in [-0.15, -0.1) is 0 Å². The smallest absolute Gasteiger partial charge is 0.254 e. The summed E-state index contributed by atoms with van der Waals surface area (Å²) < 4.78 is 10.8. The lowest BCUT2D eigenvalue weighted by Gasteiger charge is -2.26. The molecule has 5 heteroatoms. The number of pyridine rings is 1. The number of amides is 1. The van der Waals surface area contributed by atoms with E-state index < -0.39 is 0 Å². The maximum atomic E-state index is 13.6. The lowest BCUT2D eigenvalue weighted by molar-refractivity contribution is 0.0773. The zero-order chi connectivity index (χ0) is 22.7. The number of methoxy groups -OCH3 is 2. The molecule has 0 saturated heterocycles. The fourth-order valence-electron chi connectivity index (χ4n) is 4.53. The molecule has 0 saturated carbocycles. The first-order chi connectivity index (χ1) is 15.6. The van der Waals surface area contributed by atoms with Gasteiger partial charge in [-0.1, -0.05) is 24.3 Å². The van der Waals surface area contributed by atoms with E-state index in [1.807, 2.05) is 61.2 Å². The molecule has 32 heavy (non-hydrogen) atoms. The van der Waals surface area contributed by atoms with E-state index in [4.69, 9.17) is 14.5 Å². The number of fused-ring (bicyclic) bond motifs is 2. The van der Waals surface area contributed by atoms with Gasteiger partial charge in [-0.3, -0.25) is 4.79 Å². The monoisotopic (exact) mass is 430 g/mol. The van der Waals surface area contributed by atoms with Crippen LogP contribution >= 0.6 is 0 Å². The first-order valence-corrected chi connectivity index (χ1v) is 11.2. The topological polar surface area (TPSA) is 51.7 Å². The van der Waals surface area contributed by atoms with Gasteiger partial charge in [-0.2, -0.15) is 0 Å². The van der Waals surface area contributed by atoms with Gasteiger partial charge in [-0.05, 0) is 74.1 Å². The number of rotatable bonds is 6. The van der Waals surface area contributed by atoms with Crippen LogP contribution in [0, 0.1) is 0 Å². The molecule has 0 bridgehead atoms. The van der Waals surface area contributed by atoms with Crippen molar-refractivity contribution in [3.05, 3.63) is 64.8 Å². The van der Waals surface area contributed by atoms with E-state index in [1.54, 1.807) is 14.2 Å². The third kappa shape index (κ3) is 3.95. The summed E-state index contributed by atoms with van der Waals surface area (Å²) in [6, 6.07) is 13.9. The normalized spacial score (nSPS) is 14.3. The molecule has 2 aromatic carbocycles. The van der Waals surface area contributed by atoms with E-state index in [9.17, 15) is 4.79 Å². The average Bonchev–Trinajstić information content (AvgIpc) is 2.83. The zero-order valence-corrected chi connectivity index (χ0v) is 19.3. The van der Waals surface area contributed by atoms with E-state index >= 15 is 0 Å². The van der Waals surface area contributed by atoms with Crippen LogP contribution in [0.2, 0.25) is 0 Å². The maximum Gasteiger partial charge on any atom is 0.254 e. The number of allylic oxidation sites excluding steroid dienone is 1. The number of ether oxygens (including phenoxy) is 2. The summed E-state index contributed by atoms with van der Waals surface area (Å²) in [5.41, 5.74) is 5.86. The van der Waals surface area contributed by atoms with Crippen LogP contribution in [0.1, 0.15) is 53.9 Å². The third-order valence-corrected chi connectivity index (χ3v) is 6.18. The lowest BCUT2D eigenvalue weighted by Crippen LogP contribution is -2.32. The van der Waals surface area contributed by atoms with Crippen LogP contribution in [0.4, 0.5) is 0 Å². The van der Waals surface area contributed by atoms with E-state index in [2.05, 4.69) is 6.08 Å². The number of para-hydroxylation sites is 1. The minimum atomic E-state index is 0.0946. The van der Waals surface area contributed by atoms with Crippen LogP contribution in [0.25, 0.3) is 22.6 Å². The Labute approximate surface area is 189 Å². The molecule has 1 heterocycles. The van der Waals surface area contributed by atoms with Gasteiger partial charge in [-0.25, -0.2) is 4.98 Å². The molecule has 166 valence electrons. The van der Waals surface area contributed by atoms with Crippen molar-refractivity contribution in [1.29, 1.82) is 0 Å². The number of benzene rings is 2. The standard InChI is InChI=1S/C27H30N2O3/c1-5-29(6-2)27(30)25-20-11-7-8-13-22(20)28-26-19(10-9-12-21(25)26)16-18-14-15-23(31-3)24(17-18)32-4/h7-8,11,13-17H,5-6,9-10,12H2,1-4H3. The summed E-state index contributed by atoms with van der Waals surface area (Å²) in [7, 11) is 3.28. The lowest BCUT2D eigenvalue weighted by atomic mass is 9.85. The zero-order valence-electron chi connectivity index (χ0n) is 19.3. The van der Waals surface area contributed by atoms with Crippen molar-refractivity contribution in [2.24, 2.45) is 0 Å². The van der Waals surface area contributed by atoms with Crippen molar-refractivity contribution in [2.75, 3.05) is 27.3 Å². The van der Waals surface area contributed by atoms with Crippen molar-refractivity contribution in [3.63, 3.8) is 0 Å². The number of aromatic nitrogens is 1. The van der Waals surface area contributed by atoms with Crippen molar-refractivity contribution < 1.29 is 14.3 Å². The van der Waals surface area contributed by atoms with Crippen LogP contribution in [-0.4, -0.2) is 43.1 Å². The van der Waals surface area contributed by atoms with E-state index in [0.717, 1.165) is 58.1 Å². The van der Waals surface area contributed by atoms with Crippen molar-refractivity contribution in [1.82, 2.24) is 9.88 Å². The molecule has 1 aliphatic carbocycles. The molecule has 0 N–H and O–H groups in total. The molecule has 1 aliphatic rings. The highest BCUT2D eigenvalue weighted by Crippen LogP contribution is 2.37. The predicted molar refractivity (Wildman–Crippen MR) is 129 cm³/mol. The molecule has 0 fully saturated rings. The average molecular weight is 431 g/mol. The van der Waals surface area contributed by atoms with Gasteiger partial charge in [0.05, 0.1) is 31.0 Å². The molecular weight excluding hydrogens is 400 g/mol. The highest BCUT2D eigenvalue weighted by molar-refractivity contribution is 6.09. The third-order valence-electron chi connectivity index (χ3n) is 6.18. The van der Waals surface area contributed by atoms with Gasteiger partial charge in [0.1, 0.15) is 0 Å². The Morgan fingerprint density at radius 1 is 1.03 bits per heavy atom. The van der Waals surface area contributed by atoms with Gasteiger partial charge in [0.2, 0.25) is 0 Å². The summed E-state index contributed by atoms with van der Waals surface area (Å²) in [5, 5.41) is 0.940. The summed E-state index contributed by atoms with van der Waals surface area (Å²) in [6.07, 6.45) is 4.93. The Morgan fingerprint density at radius 3 is 2.50 bits per heavy atom. The second-order valence-corrected chi connectivity index (χ2v) is 7.95. The van der Waals surface area contributed by atoms with Crippen LogP contribution in [0.5, 0.6) is 11.5 Å². The Hall–Kier alpha value is -3.34. The van der Waals surface area contributed by atoms with Crippen LogP contribution in [0.15, 0.2) is 42.5 Å². The van der Waals surface area contributed by atoms with Gasteiger partial charge >= 0.3 is 0 Å². The van der Waals surface area contributed by atoms with Crippen molar-refractivity contribution in [3.8, 4) is 11.5 Å². The van der Waals surface area contributed by atoms with Gasteiger partial charge in [0.25, 0.3) is 5.91 Å². The number of hydrogen-bond acceptors (Lipinski definition) is 4. The molecule has 0 unspecified atom stereocenters. The second-order valence-electron chi connectivity index (χ2n) is 7.95. The molecule has 4 rings (SSSR count). The Balaban J connectivity index is 1.90. The van der Waals surface area contributed by atoms with E-state index in [0.29, 0.717) is 24.6 Å². The first kappa shape index (κ1) is 21.9. The highest BCUT2D eigenvalue weighted by Gasteiger charge is 2.27. The summed E-state index contributed by atoms with van der Waals surface area (Å²) in [4.78, 5) is 20.5. The Kier molecular flexibility index (Phi) is 6.45. The summed E-state index contributed by atoms with van der Waals surface area (Å²) in [6.45, 7) is 5.43. The Morgan fingerprint density at radius 2 is 1.78 bits per heavy atom. The maximum absolute atomic E-state index is 13.6. The summed E-state index contributed by atoms with van der Waals surface area (Å²) in [5.74, 6) is 1.49. The number of carbonyl (C=O) groups is 1. The van der Waals surface area contributed by atoms with Crippen LogP contribution < -0.4 is 9.47 Å². The molecule has 3 aromatic rings. The van der Waals surface area contributed by atoms with Crippen molar-refractivity contribution in [2.45, 2.75) is 33.1 Å². The minimum absolute atomic E-state index is 0.0946. The number of carbonyl (C=O) groups excluding carboxylic acids is 1. The molecular formula is C27H30N2O3. The summed E-state index contributed by atoms with van der Waals surface area (Å²) >= 11 is 0. The molecule has 0 aliphatic heterocycles. The van der Waals surface area contributed by atoms with Gasteiger partial charge in [0, 0.05) is 18.5 Å². The molecule has 1 amide bonds. The SMILES string of the molecule is CCN(CC)C(=O)c1c2c(nc3ccccc13)C(=Cc1ccc(OC)c(OC)c1)CCC2. The fourth-order valence-corrected chi connectivity index (χ4v) is 4.53. The van der Waals surface area contributed by atoms with Crippen LogP contribution in [0.3, 0.4) is 0 Å². The van der Waals surface area contributed by atoms with E-state index in [-0.39, 0.29) is 5.91 Å². The van der Waals surface area contributed by atoms with Gasteiger partial charge in [0.15, 0.2) is 11.5 Å². The molecule has 0 spiro atoms. The minimum Gasteiger partial charge on any atom is -0.493 e. The predicted octanol–water partition coefficient (Wildman–Crippen LogP) is 5.61. The number of nitrogens with zero attached hydrogens (tertiary/aromatic N) is 2. The molecule has 1 aromatic heterocycles. The largest absolute Gasteiger partial charge is 0.493 e. The Bertz CT molecular complexity index is 1180. The van der Waals surface area contributed by atoms with Crippen molar-refractivity contribution >= 4 is 28.5 Å².